The van der Waals surface area contributed by atoms with Gasteiger partial charge in [0.15, 0.2) is 0 Å². The van der Waals surface area contributed by atoms with Crippen LogP contribution in [0.5, 0.6) is 5.75 Å². The topological polar surface area (TPSA) is 94.3 Å². The first kappa shape index (κ1) is 22.2. The molecule has 166 valence electrons. The number of esters is 1. The number of nitrogens with one attached hydrogen (secondary N) is 1. The lowest BCUT2D eigenvalue weighted by Crippen LogP contribution is -2.33. The van der Waals surface area contributed by atoms with Crippen LogP contribution in [0.4, 0.5) is 0 Å². The molecule has 6 heteroatoms. The standard InChI is InChI=1S/C27H25N3O3/c1-17-3-10-24(18(2)13-17)27(32)33-23-8-6-19(7-9-23)25(15-28)30-26(31)21-4-5-22-16-29-12-11-20(22)14-21/h3-14,16,25H,15,28H2,1-2H3,(H,30,31)/t25-/m1/s1. The second-order valence-corrected chi connectivity index (χ2v) is 7.98. The molecule has 0 bridgehead atoms. The van der Waals surface area contributed by atoms with Crippen molar-refractivity contribution in [2.75, 3.05) is 6.54 Å². The van der Waals surface area contributed by atoms with Crippen LogP contribution in [0.25, 0.3) is 10.8 Å². The first-order chi connectivity index (χ1) is 15.9. The molecule has 33 heavy (non-hydrogen) atoms. The maximum Gasteiger partial charge on any atom is 0.343 e. The number of fused-ring (bicyclic) bond motifs is 1. The number of pyridine rings is 1. The van der Waals surface area contributed by atoms with Crippen LogP contribution in [0, 0.1) is 13.8 Å². The van der Waals surface area contributed by atoms with Crippen molar-refractivity contribution < 1.29 is 14.3 Å². The molecule has 0 spiro atoms. The van der Waals surface area contributed by atoms with Gasteiger partial charge in [0.2, 0.25) is 0 Å². The minimum Gasteiger partial charge on any atom is -0.423 e. The molecule has 0 fully saturated rings. The molecule has 3 aromatic carbocycles. The van der Waals surface area contributed by atoms with Crippen LogP contribution in [0.2, 0.25) is 0 Å². The van der Waals surface area contributed by atoms with E-state index in [1.165, 1.54) is 0 Å². The van der Waals surface area contributed by atoms with Crippen molar-refractivity contribution in [3.05, 3.63) is 107 Å². The van der Waals surface area contributed by atoms with Crippen molar-refractivity contribution in [1.82, 2.24) is 10.3 Å². The van der Waals surface area contributed by atoms with E-state index in [0.717, 1.165) is 27.5 Å². The molecule has 0 unspecified atom stereocenters. The van der Waals surface area contributed by atoms with Crippen LogP contribution in [0.3, 0.4) is 0 Å². The molecule has 6 nitrogen and oxygen atoms in total. The van der Waals surface area contributed by atoms with Gasteiger partial charge in [-0.2, -0.15) is 0 Å². The first-order valence-electron chi connectivity index (χ1n) is 10.7. The minimum absolute atomic E-state index is 0.213. The number of aromatic nitrogens is 1. The molecule has 3 N–H and O–H groups in total. The maximum absolute atomic E-state index is 12.8. The normalized spacial score (nSPS) is 11.7. The monoisotopic (exact) mass is 439 g/mol. The zero-order chi connectivity index (χ0) is 23.4. The molecule has 0 saturated heterocycles. The van der Waals surface area contributed by atoms with Crippen molar-refractivity contribution >= 4 is 22.6 Å². The Morgan fingerprint density at radius 3 is 2.48 bits per heavy atom. The summed E-state index contributed by atoms with van der Waals surface area (Å²) in [6, 6.07) is 19.6. The first-order valence-corrected chi connectivity index (χ1v) is 10.7. The van der Waals surface area contributed by atoms with Crippen LogP contribution in [-0.4, -0.2) is 23.4 Å². The van der Waals surface area contributed by atoms with Crippen molar-refractivity contribution in [2.45, 2.75) is 19.9 Å². The molecule has 0 radical (unpaired) electrons. The van der Waals surface area contributed by atoms with Gasteiger partial charge in [-0.15, -0.1) is 0 Å². The summed E-state index contributed by atoms with van der Waals surface area (Å²) in [5.41, 5.74) is 9.79. The van der Waals surface area contributed by atoms with Crippen LogP contribution >= 0.6 is 0 Å². The van der Waals surface area contributed by atoms with E-state index < -0.39 is 5.97 Å². The van der Waals surface area contributed by atoms with Crippen LogP contribution in [0.15, 0.2) is 79.1 Å². The number of aryl methyl sites for hydroxylation is 2. The summed E-state index contributed by atoms with van der Waals surface area (Å²) in [6.07, 6.45) is 3.45. The Hall–Kier alpha value is -4.03. The van der Waals surface area contributed by atoms with Crippen LogP contribution in [0.1, 0.15) is 43.4 Å². The molecule has 1 aromatic heterocycles. The van der Waals surface area contributed by atoms with E-state index >= 15 is 0 Å². The van der Waals surface area contributed by atoms with Gasteiger partial charge in [-0.25, -0.2) is 4.79 Å². The molecule has 1 heterocycles. The predicted octanol–water partition coefficient (Wildman–Crippen LogP) is 4.50. The van der Waals surface area contributed by atoms with Crippen molar-refractivity contribution in [2.24, 2.45) is 5.73 Å². The van der Waals surface area contributed by atoms with Gasteiger partial charge in [0, 0.05) is 29.9 Å². The van der Waals surface area contributed by atoms with Gasteiger partial charge in [-0.1, -0.05) is 35.9 Å². The van der Waals surface area contributed by atoms with E-state index in [1.807, 2.05) is 44.2 Å². The number of hydrogen-bond acceptors (Lipinski definition) is 5. The fraction of sp³-hybridized carbons (Fsp3) is 0.148. The molecule has 0 aliphatic carbocycles. The van der Waals surface area contributed by atoms with E-state index in [4.69, 9.17) is 10.5 Å². The Balaban J connectivity index is 1.44. The highest BCUT2D eigenvalue weighted by molar-refractivity contribution is 5.98. The van der Waals surface area contributed by atoms with Gasteiger partial charge in [-0.3, -0.25) is 9.78 Å². The summed E-state index contributed by atoms with van der Waals surface area (Å²) in [5, 5.41) is 4.89. The van der Waals surface area contributed by atoms with E-state index in [0.29, 0.717) is 16.9 Å². The number of carbonyl (C=O) groups excluding carboxylic acids is 2. The molecule has 4 aromatic rings. The highest BCUT2D eigenvalue weighted by atomic mass is 16.5. The zero-order valence-corrected chi connectivity index (χ0v) is 18.5. The molecular formula is C27H25N3O3. The third-order valence-corrected chi connectivity index (χ3v) is 5.54. The number of amides is 1. The van der Waals surface area contributed by atoms with Crippen LogP contribution in [-0.2, 0) is 0 Å². The highest BCUT2D eigenvalue weighted by Crippen LogP contribution is 2.21. The van der Waals surface area contributed by atoms with Crippen LogP contribution < -0.4 is 15.8 Å². The lowest BCUT2D eigenvalue weighted by atomic mass is 10.0. The number of ether oxygens (including phenoxy) is 1. The molecular weight excluding hydrogens is 414 g/mol. The molecule has 4 rings (SSSR count). The van der Waals surface area contributed by atoms with Crippen molar-refractivity contribution in [3.8, 4) is 5.75 Å². The molecule has 0 saturated carbocycles. The fourth-order valence-electron chi connectivity index (χ4n) is 3.72. The van der Waals surface area contributed by atoms with E-state index in [9.17, 15) is 9.59 Å². The Labute approximate surface area is 192 Å². The maximum atomic E-state index is 12.8. The lowest BCUT2D eigenvalue weighted by molar-refractivity contribution is 0.0733. The third kappa shape index (κ3) is 5.07. The average molecular weight is 440 g/mol. The number of hydrogen-bond donors (Lipinski definition) is 2. The van der Waals surface area contributed by atoms with Gasteiger partial charge in [0.05, 0.1) is 11.6 Å². The van der Waals surface area contributed by atoms with Gasteiger partial charge >= 0.3 is 5.97 Å². The number of nitrogens with zero attached hydrogens (tertiary/aromatic N) is 1. The SMILES string of the molecule is Cc1ccc(C(=O)Oc2ccc([C@@H](CN)NC(=O)c3ccc4cnccc4c3)cc2)c(C)c1. The Kier molecular flexibility index (Phi) is 6.47. The van der Waals surface area contributed by atoms with Gasteiger partial charge in [-0.05, 0) is 66.8 Å². The lowest BCUT2D eigenvalue weighted by Gasteiger charge is -2.18. The Morgan fingerprint density at radius 1 is 0.970 bits per heavy atom. The molecule has 0 aliphatic heterocycles. The van der Waals surface area contributed by atoms with E-state index in [-0.39, 0.29) is 18.5 Å². The summed E-state index contributed by atoms with van der Waals surface area (Å²) < 4.78 is 5.52. The molecule has 1 amide bonds. The second kappa shape index (κ2) is 9.63. The van der Waals surface area contributed by atoms with Gasteiger partial charge in [0.25, 0.3) is 5.91 Å². The number of nitrogens with two attached hydrogens (primary N) is 1. The summed E-state index contributed by atoms with van der Waals surface area (Å²) >= 11 is 0. The Morgan fingerprint density at radius 2 is 1.76 bits per heavy atom. The van der Waals surface area contributed by atoms with E-state index in [2.05, 4.69) is 10.3 Å². The smallest absolute Gasteiger partial charge is 0.343 e. The van der Waals surface area contributed by atoms with Crippen molar-refractivity contribution in [3.63, 3.8) is 0 Å². The summed E-state index contributed by atoms with van der Waals surface area (Å²) in [4.78, 5) is 29.4. The Bertz CT molecular complexity index is 1320. The fourth-order valence-corrected chi connectivity index (χ4v) is 3.72. The summed E-state index contributed by atoms with van der Waals surface area (Å²) in [7, 11) is 0. The van der Waals surface area contributed by atoms with E-state index in [1.54, 1.807) is 48.8 Å². The second-order valence-electron chi connectivity index (χ2n) is 7.98. The predicted molar refractivity (Wildman–Crippen MR) is 128 cm³/mol. The van der Waals surface area contributed by atoms with Crippen molar-refractivity contribution in [1.29, 1.82) is 0 Å². The van der Waals surface area contributed by atoms with Gasteiger partial charge < -0.3 is 15.8 Å². The third-order valence-electron chi connectivity index (χ3n) is 5.54. The number of carbonyl (C=O) groups is 2. The number of benzene rings is 3. The minimum atomic E-state index is -0.407. The number of rotatable bonds is 6. The average Bonchev–Trinajstić information content (AvgIpc) is 2.82. The summed E-state index contributed by atoms with van der Waals surface area (Å²) in [6.45, 7) is 4.09. The quantitative estimate of drug-likeness (QED) is 0.341. The summed E-state index contributed by atoms with van der Waals surface area (Å²) in [5.74, 6) is -0.195. The molecule has 0 aliphatic rings. The van der Waals surface area contributed by atoms with Gasteiger partial charge in [0.1, 0.15) is 5.75 Å². The molecule has 1 atom stereocenters. The largest absolute Gasteiger partial charge is 0.423 e. The zero-order valence-electron chi connectivity index (χ0n) is 18.5. The highest BCUT2D eigenvalue weighted by Gasteiger charge is 2.16.